The van der Waals surface area contributed by atoms with Crippen LogP contribution in [0.2, 0.25) is 0 Å². The molecule has 1 N–H and O–H groups in total. The lowest BCUT2D eigenvalue weighted by molar-refractivity contribution is -0.192. The lowest BCUT2D eigenvalue weighted by atomic mass is 9.62. The molecular weight excluding hydrogens is 358 g/mol. The van der Waals surface area contributed by atoms with Crippen LogP contribution in [0.3, 0.4) is 0 Å². The van der Waals surface area contributed by atoms with Gasteiger partial charge in [0.25, 0.3) is 0 Å². The highest BCUT2D eigenvalue weighted by atomic mass is 79.9. The average molecular weight is 372 g/mol. The molecule has 0 aromatic heterocycles. The van der Waals surface area contributed by atoms with Crippen LogP contribution in [-0.2, 0) is 14.3 Å². The van der Waals surface area contributed by atoms with E-state index in [1.165, 1.54) is 23.8 Å². The number of thioether (sulfide) groups is 1. The summed E-state index contributed by atoms with van der Waals surface area (Å²) in [6.07, 6.45) is 0. The molecule has 0 spiro atoms. The lowest BCUT2D eigenvalue weighted by Gasteiger charge is -2.61. The van der Waals surface area contributed by atoms with Gasteiger partial charge in [-0.3, -0.25) is 9.59 Å². The number of aliphatic hydroxyl groups is 1. The first-order valence-corrected chi connectivity index (χ1v) is 8.17. The van der Waals surface area contributed by atoms with Crippen LogP contribution in [0.25, 0.3) is 0 Å². The van der Waals surface area contributed by atoms with Crippen LogP contribution < -0.4 is 0 Å². The van der Waals surface area contributed by atoms with Gasteiger partial charge in [0.05, 0.1) is 25.0 Å². The summed E-state index contributed by atoms with van der Waals surface area (Å²) in [4.78, 5) is 26.2. The van der Waals surface area contributed by atoms with Gasteiger partial charge in [-0.2, -0.15) is 0 Å². The Kier molecular flexibility index (Phi) is 3.98. The summed E-state index contributed by atoms with van der Waals surface area (Å²) < 4.78 is 5.82. The minimum atomic E-state index is -0.376. The molecule has 112 valence electrons. The van der Waals surface area contributed by atoms with Gasteiger partial charge >= 0.3 is 5.97 Å². The summed E-state index contributed by atoms with van der Waals surface area (Å²) in [5.41, 5.74) is 0. The number of β-lactam (4-membered cyclic amide) rings is 1. The van der Waals surface area contributed by atoms with Crippen molar-refractivity contribution in [3.63, 3.8) is 0 Å². The van der Waals surface area contributed by atoms with E-state index in [0.717, 1.165) is 9.37 Å². The Balaban J connectivity index is 1.78. The molecule has 2 aliphatic rings. The number of amides is 1. The molecule has 5 nitrogen and oxygen atoms in total. The van der Waals surface area contributed by atoms with Crippen molar-refractivity contribution in [2.45, 2.75) is 16.2 Å². The number of hydrogen-bond donors (Lipinski definition) is 1. The third kappa shape index (κ3) is 2.27. The predicted molar refractivity (Wildman–Crippen MR) is 80.5 cm³/mol. The zero-order chi connectivity index (χ0) is 15.1. The van der Waals surface area contributed by atoms with Crippen molar-refractivity contribution in [3.05, 3.63) is 28.7 Å². The summed E-state index contributed by atoms with van der Waals surface area (Å²) >= 11 is 4.90. The van der Waals surface area contributed by atoms with E-state index in [2.05, 4.69) is 15.9 Å². The molecule has 1 aromatic rings. The summed E-state index contributed by atoms with van der Waals surface area (Å²) in [6.45, 7) is -0.344. The third-order valence-electron chi connectivity index (χ3n) is 4.08. The van der Waals surface area contributed by atoms with Gasteiger partial charge in [0.1, 0.15) is 6.73 Å². The topological polar surface area (TPSA) is 66.8 Å². The Labute approximate surface area is 134 Å². The highest BCUT2D eigenvalue weighted by Gasteiger charge is 2.68. The van der Waals surface area contributed by atoms with E-state index in [1.807, 2.05) is 24.3 Å². The molecular formula is C14H14BrNO4S. The quantitative estimate of drug-likeness (QED) is 0.641. The van der Waals surface area contributed by atoms with E-state index in [4.69, 9.17) is 4.74 Å². The van der Waals surface area contributed by atoms with Crippen LogP contribution in [0.15, 0.2) is 33.6 Å². The molecule has 1 aliphatic heterocycles. The molecule has 1 amide bonds. The summed E-state index contributed by atoms with van der Waals surface area (Å²) in [5, 5.41) is 9.07. The van der Waals surface area contributed by atoms with Crippen LogP contribution in [-0.4, -0.2) is 47.0 Å². The number of likely N-dealkylation sites (tertiary alicyclic amines) is 1. The fourth-order valence-corrected chi connectivity index (χ4v) is 4.73. The first-order valence-electron chi connectivity index (χ1n) is 6.50. The van der Waals surface area contributed by atoms with E-state index in [0.29, 0.717) is 0 Å². The minimum Gasteiger partial charge on any atom is -0.469 e. The molecule has 21 heavy (non-hydrogen) atoms. The zero-order valence-electron chi connectivity index (χ0n) is 11.2. The third-order valence-corrected chi connectivity index (χ3v) is 6.01. The Morgan fingerprint density at radius 1 is 1.43 bits per heavy atom. The van der Waals surface area contributed by atoms with Crippen molar-refractivity contribution in [3.8, 4) is 0 Å². The van der Waals surface area contributed by atoms with Gasteiger partial charge in [0.15, 0.2) is 0 Å². The van der Waals surface area contributed by atoms with Crippen LogP contribution >= 0.6 is 27.7 Å². The number of esters is 1. The van der Waals surface area contributed by atoms with Gasteiger partial charge in [-0.1, -0.05) is 15.9 Å². The second-order valence-corrected chi connectivity index (χ2v) is 7.22. The smallest absolute Gasteiger partial charge is 0.311 e. The molecule has 3 rings (SSSR count). The number of ether oxygens (including phenoxy) is 1. The van der Waals surface area contributed by atoms with Crippen molar-refractivity contribution in [2.24, 2.45) is 11.8 Å². The Morgan fingerprint density at radius 3 is 2.67 bits per heavy atom. The molecule has 1 saturated carbocycles. The van der Waals surface area contributed by atoms with E-state index >= 15 is 0 Å². The van der Waals surface area contributed by atoms with E-state index in [-0.39, 0.29) is 41.7 Å². The summed E-state index contributed by atoms with van der Waals surface area (Å²) in [7, 11) is 1.35. The number of rotatable bonds is 4. The van der Waals surface area contributed by atoms with E-state index in [9.17, 15) is 14.7 Å². The number of carbonyl (C=O) groups is 2. The molecule has 1 saturated heterocycles. The normalized spacial score (nSPS) is 30.2. The molecule has 1 heterocycles. The molecule has 1 aliphatic carbocycles. The number of aliphatic hydroxyl groups excluding tert-OH is 1. The monoisotopic (exact) mass is 371 g/mol. The first kappa shape index (κ1) is 14.9. The standard InChI is InChI=1S/C14H14BrNO4S/c1-20-14(19)10-11-9(13(18)16(11)6-17)12(10)21-8-4-2-7(15)3-5-8/h2-5,9-12,17H,6H2,1H3/t9-,10+,11+,12+/m0/s1. The van der Waals surface area contributed by atoms with Crippen molar-refractivity contribution >= 4 is 39.6 Å². The number of nitrogens with zero attached hydrogens (tertiary/aromatic N) is 1. The number of fused-ring (bicyclic) bond motifs is 1. The highest BCUT2D eigenvalue weighted by molar-refractivity contribution is 9.10. The van der Waals surface area contributed by atoms with Crippen molar-refractivity contribution in [2.75, 3.05) is 13.8 Å². The molecule has 1 aromatic carbocycles. The number of hydrogen-bond acceptors (Lipinski definition) is 5. The predicted octanol–water partition coefficient (Wildman–Crippen LogP) is 1.49. The Morgan fingerprint density at radius 2 is 2.10 bits per heavy atom. The minimum absolute atomic E-state index is 0.0859. The zero-order valence-corrected chi connectivity index (χ0v) is 13.6. The van der Waals surface area contributed by atoms with Gasteiger partial charge in [-0.15, -0.1) is 11.8 Å². The summed E-state index contributed by atoms with van der Waals surface area (Å²) in [6, 6.07) is 7.53. The number of methoxy groups -OCH3 is 1. The molecule has 7 heteroatoms. The summed E-state index contributed by atoms with van der Waals surface area (Å²) in [5.74, 6) is -0.984. The number of carbonyl (C=O) groups excluding carboxylic acids is 2. The fraction of sp³-hybridized carbons (Fsp3) is 0.429. The van der Waals surface area contributed by atoms with E-state index in [1.54, 1.807) is 0 Å². The second-order valence-electron chi connectivity index (χ2n) is 5.05. The van der Waals surface area contributed by atoms with Gasteiger partial charge in [-0.05, 0) is 24.3 Å². The van der Waals surface area contributed by atoms with Crippen LogP contribution in [0.1, 0.15) is 0 Å². The average Bonchev–Trinajstić information content (AvgIpc) is 2.47. The maximum Gasteiger partial charge on any atom is 0.311 e. The van der Waals surface area contributed by atoms with Gasteiger partial charge < -0.3 is 14.7 Å². The molecule has 2 fully saturated rings. The first-order chi connectivity index (χ1) is 10.1. The van der Waals surface area contributed by atoms with Crippen molar-refractivity contribution in [1.29, 1.82) is 0 Å². The lowest BCUT2D eigenvalue weighted by Crippen LogP contribution is -2.78. The molecule has 0 bridgehead atoms. The fourth-order valence-electron chi connectivity index (χ4n) is 3.01. The van der Waals surface area contributed by atoms with Crippen LogP contribution in [0.4, 0.5) is 0 Å². The Bertz CT molecular complexity index is 579. The highest BCUT2D eigenvalue weighted by Crippen LogP contribution is 2.54. The molecule has 0 unspecified atom stereocenters. The largest absolute Gasteiger partial charge is 0.469 e. The molecule has 4 atom stereocenters. The van der Waals surface area contributed by atoms with Gasteiger partial charge in [0, 0.05) is 14.6 Å². The number of piperidine rings is 1. The van der Waals surface area contributed by atoms with Crippen molar-refractivity contribution < 1.29 is 19.4 Å². The van der Waals surface area contributed by atoms with Gasteiger partial charge in [0.2, 0.25) is 5.91 Å². The SMILES string of the molecule is COC(=O)[C@H]1[C@H](Sc2ccc(Br)cc2)[C@H]2C(=O)N(CO)[C@H]21. The van der Waals surface area contributed by atoms with Crippen LogP contribution in [0, 0.1) is 11.8 Å². The molecule has 0 radical (unpaired) electrons. The second kappa shape index (κ2) is 5.62. The maximum absolute atomic E-state index is 12.0. The van der Waals surface area contributed by atoms with E-state index < -0.39 is 0 Å². The number of benzene rings is 1. The van der Waals surface area contributed by atoms with Crippen LogP contribution in [0.5, 0.6) is 0 Å². The van der Waals surface area contributed by atoms with Gasteiger partial charge in [-0.25, -0.2) is 0 Å². The Hall–Kier alpha value is -1.05. The number of halogens is 1. The maximum atomic E-state index is 12.0. The van der Waals surface area contributed by atoms with Crippen molar-refractivity contribution in [1.82, 2.24) is 4.90 Å².